The Bertz CT molecular complexity index is 2960. The minimum atomic E-state index is 0.126. The van der Waals surface area contributed by atoms with Crippen molar-refractivity contribution < 1.29 is 4.42 Å². The Hall–Kier alpha value is -5.60. The molecule has 0 aliphatic heterocycles. The zero-order valence-corrected chi connectivity index (χ0v) is 29.0. The van der Waals surface area contributed by atoms with E-state index in [1.54, 1.807) is 11.1 Å². The summed E-state index contributed by atoms with van der Waals surface area (Å²) in [5.74, 6) is 3.32. The van der Waals surface area contributed by atoms with Gasteiger partial charge >= 0.3 is 0 Å². The minimum Gasteiger partial charge on any atom is -0.455 e. The van der Waals surface area contributed by atoms with Crippen molar-refractivity contribution in [2.75, 3.05) is 0 Å². The fraction of sp³-hybridized carbons (Fsp3) is 0.200. The van der Waals surface area contributed by atoms with Gasteiger partial charge in [0, 0.05) is 38.1 Å². The second kappa shape index (κ2) is 9.83. The second-order valence-corrected chi connectivity index (χ2v) is 16.4. The summed E-state index contributed by atoms with van der Waals surface area (Å²) in [6, 6.07) is 52.5. The van der Waals surface area contributed by atoms with E-state index >= 15 is 0 Å². The molecule has 2 nitrogen and oxygen atoms in total. The summed E-state index contributed by atoms with van der Waals surface area (Å²) in [6.45, 7) is 0. The molecule has 4 saturated carbocycles. The Morgan fingerprint density at radius 1 is 0.481 bits per heavy atom. The maximum Gasteiger partial charge on any atom is 0.143 e. The van der Waals surface area contributed by atoms with Crippen LogP contribution in [0.2, 0.25) is 0 Å². The Labute approximate surface area is 302 Å². The summed E-state index contributed by atoms with van der Waals surface area (Å²) in [5.41, 5.74) is 14.2. The number of hydrogen-bond acceptors (Lipinski definition) is 1. The van der Waals surface area contributed by atoms with E-state index < -0.39 is 0 Å². The van der Waals surface area contributed by atoms with Crippen molar-refractivity contribution in [3.8, 4) is 27.9 Å². The predicted molar refractivity (Wildman–Crippen MR) is 214 cm³/mol. The van der Waals surface area contributed by atoms with E-state index in [4.69, 9.17) is 4.42 Å². The van der Waals surface area contributed by atoms with Crippen LogP contribution in [0.3, 0.4) is 0 Å². The Morgan fingerprint density at radius 2 is 1.17 bits per heavy atom. The summed E-state index contributed by atoms with van der Waals surface area (Å²) in [6.07, 6.45) is 7.04. The number of hydrogen-bond donors (Lipinski definition) is 0. The van der Waals surface area contributed by atoms with Gasteiger partial charge in [0.1, 0.15) is 11.2 Å². The van der Waals surface area contributed by atoms with E-state index in [9.17, 15) is 0 Å². The van der Waals surface area contributed by atoms with E-state index in [2.05, 4.69) is 144 Å². The highest BCUT2D eigenvalue weighted by Gasteiger charge is 2.61. The number of nitrogens with zero attached hydrogens (tertiary/aromatic N) is 1. The average molecular weight is 668 g/mol. The third-order valence-corrected chi connectivity index (χ3v) is 14.2. The lowest BCUT2D eigenvalue weighted by molar-refractivity contribution is -0.0399. The highest BCUT2D eigenvalue weighted by Crippen LogP contribution is 2.69. The maximum absolute atomic E-state index is 6.64. The molecule has 5 aliphatic rings. The molecule has 0 saturated heterocycles. The number of para-hydroxylation sites is 3. The summed E-state index contributed by atoms with van der Waals surface area (Å²) in [5, 5.41) is 7.68. The van der Waals surface area contributed by atoms with Crippen LogP contribution >= 0.6 is 0 Å². The molecule has 5 aliphatic carbocycles. The van der Waals surface area contributed by atoms with Gasteiger partial charge < -0.3 is 8.98 Å². The van der Waals surface area contributed by atoms with Gasteiger partial charge in [0.25, 0.3) is 0 Å². The lowest BCUT2D eigenvalue weighted by Crippen LogP contribution is -2.55. The molecule has 0 radical (unpaired) electrons. The number of benzene rings is 7. The van der Waals surface area contributed by atoms with Crippen molar-refractivity contribution in [3.63, 3.8) is 0 Å². The van der Waals surface area contributed by atoms with Crippen molar-refractivity contribution in [2.45, 2.75) is 37.5 Å². The number of aromatic nitrogens is 1. The quantitative estimate of drug-likeness (QED) is 0.179. The lowest BCUT2D eigenvalue weighted by Gasteiger charge is -2.61. The van der Waals surface area contributed by atoms with Crippen molar-refractivity contribution in [1.29, 1.82) is 0 Å². The molecule has 0 N–H and O–H groups in total. The number of rotatable bonds is 2. The highest BCUT2D eigenvalue weighted by atomic mass is 16.3. The van der Waals surface area contributed by atoms with Crippen LogP contribution in [-0.4, -0.2) is 4.57 Å². The van der Waals surface area contributed by atoms with Gasteiger partial charge in [-0.15, -0.1) is 0 Å². The van der Waals surface area contributed by atoms with Gasteiger partial charge in [-0.2, -0.15) is 0 Å². The van der Waals surface area contributed by atoms with E-state index in [-0.39, 0.29) is 5.41 Å². The topological polar surface area (TPSA) is 18.1 Å². The SMILES string of the molecule is c1ccc(-n2c3cc4c(cc3c3c5ccccc5ccc32)C2(c3ccccc3-4)C3CC4CC(C3)CC2C4)c(-c2cccc3c2oc2ccccc23)c1. The van der Waals surface area contributed by atoms with Crippen LogP contribution in [0.1, 0.15) is 43.2 Å². The maximum atomic E-state index is 6.64. The molecule has 4 fully saturated rings. The van der Waals surface area contributed by atoms with Crippen LogP contribution in [0.5, 0.6) is 0 Å². The third-order valence-electron chi connectivity index (χ3n) is 14.2. The van der Waals surface area contributed by atoms with Crippen molar-refractivity contribution in [3.05, 3.63) is 151 Å². The summed E-state index contributed by atoms with van der Waals surface area (Å²) < 4.78 is 9.21. The van der Waals surface area contributed by atoms with Gasteiger partial charge in [-0.1, -0.05) is 109 Å². The molecule has 2 aromatic heterocycles. The molecule has 4 bridgehead atoms. The largest absolute Gasteiger partial charge is 0.455 e. The monoisotopic (exact) mass is 667 g/mol. The second-order valence-electron chi connectivity index (χ2n) is 16.4. The van der Waals surface area contributed by atoms with E-state index in [1.807, 2.05) is 0 Å². The minimum absolute atomic E-state index is 0.126. The molecule has 52 heavy (non-hydrogen) atoms. The van der Waals surface area contributed by atoms with Crippen LogP contribution in [0, 0.1) is 23.7 Å². The first-order valence-electron chi connectivity index (χ1n) is 19.4. The smallest absolute Gasteiger partial charge is 0.143 e. The van der Waals surface area contributed by atoms with Gasteiger partial charge in [-0.05, 0) is 119 Å². The zero-order valence-electron chi connectivity index (χ0n) is 29.0. The molecular formula is C50H37NO. The van der Waals surface area contributed by atoms with Gasteiger partial charge in [0.15, 0.2) is 0 Å². The summed E-state index contributed by atoms with van der Waals surface area (Å²) >= 11 is 0. The van der Waals surface area contributed by atoms with Crippen LogP contribution in [0.4, 0.5) is 0 Å². The first kappa shape index (κ1) is 28.0. The first-order valence-corrected chi connectivity index (χ1v) is 19.4. The molecule has 9 aromatic rings. The highest BCUT2D eigenvalue weighted by molar-refractivity contribution is 6.22. The molecular weight excluding hydrogens is 631 g/mol. The molecule has 0 atom stereocenters. The van der Waals surface area contributed by atoms with Crippen LogP contribution < -0.4 is 0 Å². The van der Waals surface area contributed by atoms with Crippen LogP contribution in [0.15, 0.2) is 144 Å². The van der Waals surface area contributed by atoms with Gasteiger partial charge in [0.2, 0.25) is 0 Å². The molecule has 7 aromatic carbocycles. The molecule has 0 amide bonds. The lowest BCUT2D eigenvalue weighted by atomic mass is 9.43. The van der Waals surface area contributed by atoms with Crippen LogP contribution in [0.25, 0.3) is 82.5 Å². The number of fused-ring (bicyclic) bond motifs is 11. The molecule has 1 spiro atoms. The predicted octanol–water partition coefficient (Wildman–Crippen LogP) is 13.2. The molecule has 248 valence electrons. The fourth-order valence-corrected chi connectivity index (χ4v) is 12.5. The van der Waals surface area contributed by atoms with Crippen molar-refractivity contribution in [1.82, 2.24) is 4.57 Å². The standard InChI is InChI=1S/C50H37NO/c1-2-11-34-31(10-1)20-21-45-48(34)41-27-43-40(35-12-3-6-17-42(35)50(43)32-23-29-22-30(25-32)26-33(50)24-29)28-46(41)51(45)44-18-7-4-13-36(44)38-15-9-16-39-37-14-5-8-19-47(37)52-49(38)39/h1-21,27-30,32-33H,22-26H2. The normalized spacial score (nSPS) is 24.2. The van der Waals surface area contributed by atoms with Crippen molar-refractivity contribution >= 4 is 54.5 Å². The zero-order chi connectivity index (χ0) is 33.7. The molecule has 0 unspecified atom stereocenters. The third kappa shape index (κ3) is 3.38. The van der Waals surface area contributed by atoms with Crippen molar-refractivity contribution in [2.24, 2.45) is 23.7 Å². The Morgan fingerprint density at radius 3 is 2.04 bits per heavy atom. The number of furan rings is 1. The van der Waals surface area contributed by atoms with E-state index in [0.717, 1.165) is 51.2 Å². The Balaban J connectivity index is 1.15. The average Bonchev–Trinajstić information content (AvgIpc) is 3.82. The summed E-state index contributed by atoms with van der Waals surface area (Å²) in [4.78, 5) is 0. The van der Waals surface area contributed by atoms with Gasteiger partial charge in [-0.25, -0.2) is 0 Å². The Kier molecular flexibility index (Phi) is 5.30. The van der Waals surface area contributed by atoms with Gasteiger partial charge in [-0.3, -0.25) is 0 Å². The first-order chi connectivity index (χ1) is 25.8. The van der Waals surface area contributed by atoms with E-state index in [0.29, 0.717) is 0 Å². The molecule has 2 heterocycles. The fourth-order valence-electron chi connectivity index (χ4n) is 12.5. The summed E-state index contributed by atoms with van der Waals surface area (Å²) in [7, 11) is 0. The molecule has 2 heteroatoms. The molecule has 14 rings (SSSR count). The van der Waals surface area contributed by atoms with E-state index in [1.165, 1.54) is 87.1 Å². The van der Waals surface area contributed by atoms with Gasteiger partial charge in [0.05, 0.1) is 16.7 Å². The van der Waals surface area contributed by atoms with Crippen LogP contribution in [-0.2, 0) is 5.41 Å².